The molecule has 0 radical (unpaired) electrons. The van der Waals surface area contributed by atoms with Crippen molar-refractivity contribution < 1.29 is 18.0 Å². The predicted octanol–water partition coefficient (Wildman–Crippen LogP) is 3.07. The summed E-state index contributed by atoms with van der Waals surface area (Å²) in [6.07, 6.45) is 1.07. The van der Waals surface area contributed by atoms with Crippen LogP contribution in [0.1, 0.15) is 18.4 Å². The van der Waals surface area contributed by atoms with Crippen LogP contribution in [0, 0.1) is 0 Å². The number of carbonyl (C=O) groups excluding carboxylic acids is 1. The van der Waals surface area contributed by atoms with Gasteiger partial charge in [0.1, 0.15) is 0 Å². The Bertz CT molecular complexity index is 775. The number of halogens is 3. The lowest BCUT2D eigenvalue weighted by atomic mass is 10.2. The highest BCUT2D eigenvalue weighted by molar-refractivity contribution is 7.07. The maximum atomic E-state index is 12.8. The second kappa shape index (κ2) is 6.15. The fraction of sp³-hybridized carbons (Fsp3) is 0.357. The van der Waals surface area contributed by atoms with Gasteiger partial charge in [0.15, 0.2) is 4.80 Å². The minimum Gasteiger partial charge on any atom is -0.323 e. The van der Waals surface area contributed by atoms with E-state index in [1.54, 1.807) is 16.5 Å². The van der Waals surface area contributed by atoms with Crippen LogP contribution < -0.4 is 4.80 Å². The van der Waals surface area contributed by atoms with Crippen LogP contribution in [0.3, 0.4) is 0 Å². The molecule has 1 aliphatic rings. The predicted molar refractivity (Wildman–Crippen MR) is 78.2 cm³/mol. The van der Waals surface area contributed by atoms with E-state index in [1.807, 2.05) is 0 Å². The maximum Gasteiger partial charge on any atom is 0.417 e. The monoisotopic (exact) mass is 342 g/mol. The summed E-state index contributed by atoms with van der Waals surface area (Å²) in [7, 11) is 0. The molecule has 5 nitrogen and oxygen atoms in total. The summed E-state index contributed by atoms with van der Waals surface area (Å²) < 4.78 is 39.8. The lowest BCUT2D eigenvalue weighted by Crippen LogP contribution is -2.27. The highest BCUT2D eigenvalue weighted by atomic mass is 32.1. The Kier molecular flexibility index (Phi) is 4.20. The third-order valence-corrected chi connectivity index (χ3v) is 4.24. The number of thiazole rings is 1. The smallest absolute Gasteiger partial charge is 0.323 e. The minimum atomic E-state index is -4.47. The lowest BCUT2D eigenvalue weighted by Gasteiger charge is -2.11. The molecule has 0 aliphatic carbocycles. The summed E-state index contributed by atoms with van der Waals surface area (Å²) in [5, 5.41) is 1.66. The van der Waals surface area contributed by atoms with Crippen molar-refractivity contribution in [1.29, 1.82) is 0 Å². The highest BCUT2D eigenvalue weighted by Crippen LogP contribution is 2.29. The summed E-state index contributed by atoms with van der Waals surface area (Å²) in [6.45, 7) is 1.33. The summed E-state index contributed by atoms with van der Waals surface area (Å²) >= 11 is 1.18. The molecule has 0 N–H and O–H groups in total. The van der Waals surface area contributed by atoms with E-state index in [9.17, 15) is 18.0 Å². The molecule has 3 heterocycles. The summed E-state index contributed by atoms with van der Waals surface area (Å²) in [5.74, 6) is 0. The van der Waals surface area contributed by atoms with Crippen LogP contribution >= 0.6 is 11.3 Å². The molecule has 0 atom stereocenters. The van der Waals surface area contributed by atoms with Gasteiger partial charge in [-0.1, -0.05) is 0 Å². The van der Waals surface area contributed by atoms with Gasteiger partial charge in [-0.3, -0.25) is 9.55 Å². The third-order valence-electron chi connectivity index (χ3n) is 3.49. The molecule has 2 aromatic heterocycles. The molecular weight excluding hydrogens is 329 g/mol. The maximum absolute atomic E-state index is 12.8. The van der Waals surface area contributed by atoms with E-state index in [0.29, 0.717) is 17.9 Å². The Balaban J connectivity index is 1.96. The van der Waals surface area contributed by atoms with Gasteiger partial charge in [0.2, 0.25) is 0 Å². The third kappa shape index (κ3) is 3.44. The first-order valence-corrected chi connectivity index (χ1v) is 7.85. The van der Waals surface area contributed by atoms with Crippen LogP contribution in [0.25, 0.3) is 5.69 Å². The van der Waals surface area contributed by atoms with Crippen LogP contribution in [-0.4, -0.2) is 33.6 Å². The topological polar surface area (TPSA) is 50.5 Å². The van der Waals surface area contributed by atoms with E-state index in [1.165, 1.54) is 22.1 Å². The van der Waals surface area contributed by atoms with Crippen LogP contribution in [0.15, 0.2) is 35.0 Å². The molecule has 0 unspecified atom stereocenters. The molecule has 1 aliphatic heterocycles. The molecule has 9 heteroatoms. The number of hydrogen-bond donors (Lipinski definition) is 0. The van der Waals surface area contributed by atoms with E-state index in [2.05, 4.69) is 9.98 Å². The summed E-state index contributed by atoms with van der Waals surface area (Å²) in [5.41, 5.74) is -0.625. The number of pyridine rings is 1. The number of aromatic nitrogens is 2. The first-order valence-electron chi connectivity index (χ1n) is 6.97. The van der Waals surface area contributed by atoms with Crippen molar-refractivity contribution in [3.8, 4) is 5.69 Å². The zero-order valence-corrected chi connectivity index (χ0v) is 12.8. The highest BCUT2D eigenvalue weighted by Gasteiger charge is 2.31. The quantitative estimate of drug-likeness (QED) is 0.800. The van der Waals surface area contributed by atoms with Crippen molar-refractivity contribution in [3.63, 3.8) is 0 Å². The van der Waals surface area contributed by atoms with Gasteiger partial charge < -0.3 is 4.90 Å². The zero-order chi connectivity index (χ0) is 16.4. The first-order chi connectivity index (χ1) is 10.9. The Morgan fingerprint density at radius 1 is 1.26 bits per heavy atom. The van der Waals surface area contributed by atoms with E-state index in [4.69, 9.17) is 0 Å². The lowest BCUT2D eigenvalue weighted by molar-refractivity contribution is -0.137. The Morgan fingerprint density at radius 2 is 2.00 bits per heavy atom. The van der Waals surface area contributed by atoms with Crippen molar-refractivity contribution in [3.05, 3.63) is 40.4 Å². The zero-order valence-electron chi connectivity index (χ0n) is 12.0. The Labute approximate surface area is 133 Å². The molecule has 23 heavy (non-hydrogen) atoms. The Morgan fingerprint density at radius 3 is 2.70 bits per heavy atom. The van der Waals surface area contributed by atoms with E-state index < -0.39 is 11.7 Å². The molecule has 2 amide bonds. The second-order valence-electron chi connectivity index (χ2n) is 5.07. The second-order valence-corrected chi connectivity index (χ2v) is 5.95. The number of hydrogen-bond acceptors (Lipinski definition) is 3. The van der Waals surface area contributed by atoms with Gasteiger partial charge in [-0.25, -0.2) is 4.79 Å². The fourth-order valence-corrected chi connectivity index (χ4v) is 3.04. The van der Waals surface area contributed by atoms with Crippen molar-refractivity contribution in [1.82, 2.24) is 14.5 Å². The molecule has 1 saturated heterocycles. The first kappa shape index (κ1) is 15.7. The van der Waals surface area contributed by atoms with E-state index >= 15 is 0 Å². The number of rotatable bonds is 1. The van der Waals surface area contributed by atoms with Crippen LogP contribution in [0.2, 0.25) is 0 Å². The van der Waals surface area contributed by atoms with Crippen LogP contribution in [-0.2, 0) is 6.18 Å². The van der Waals surface area contributed by atoms with E-state index in [-0.39, 0.29) is 11.7 Å². The van der Waals surface area contributed by atoms with E-state index in [0.717, 1.165) is 25.1 Å². The van der Waals surface area contributed by atoms with Crippen molar-refractivity contribution >= 4 is 17.4 Å². The average Bonchev–Trinajstić information content (AvgIpc) is 3.18. The summed E-state index contributed by atoms with van der Waals surface area (Å²) in [6, 6.07) is 0.623. The van der Waals surface area contributed by atoms with Crippen LogP contribution in [0.4, 0.5) is 18.0 Å². The van der Waals surface area contributed by atoms with Gasteiger partial charge in [0, 0.05) is 30.9 Å². The van der Waals surface area contributed by atoms with Crippen molar-refractivity contribution in [2.75, 3.05) is 13.1 Å². The van der Waals surface area contributed by atoms with Gasteiger partial charge in [0.05, 0.1) is 17.4 Å². The van der Waals surface area contributed by atoms with Crippen molar-refractivity contribution in [2.24, 2.45) is 4.99 Å². The van der Waals surface area contributed by atoms with Gasteiger partial charge in [-0.15, -0.1) is 11.3 Å². The molecule has 0 aromatic carbocycles. The standard InChI is InChI=1S/C14H13F3N4OS/c15-14(16,17)10-7-11(9-18-8-10)21-5-6-23-13(21)19-12(22)20-3-1-2-4-20/h5-9H,1-4H2. The number of carbonyl (C=O) groups is 1. The SMILES string of the molecule is O=C(N=c1sccn1-c1cncc(C(F)(F)F)c1)N1CCCC1. The number of likely N-dealkylation sites (tertiary alicyclic amines) is 1. The molecule has 1 fully saturated rings. The molecule has 2 aromatic rings. The fourth-order valence-electron chi connectivity index (χ4n) is 2.32. The molecule has 122 valence electrons. The van der Waals surface area contributed by atoms with Crippen LogP contribution in [0.5, 0.6) is 0 Å². The summed E-state index contributed by atoms with van der Waals surface area (Å²) in [4.78, 5) is 21.7. The average molecular weight is 342 g/mol. The van der Waals surface area contributed by atoms with Gasteiger partial charge in [-0.2, -0.15) is 18.2 Å². The number of alkyl halides is 3. The number of urea groups is 1. The Hall–Kier alpha value is -2.16. The largest absolute Gasteiger partial charge is 0.417 e. The number of amides is 2. The molecule has 0 saturated carbocycles. The molecular formula is C14H13F3N4OS. The normalized spacial score (nSPS) is 16.1. The molecule has 0 bridgehead atoms. The minimum absolute atomic E-state index is 0.217. The van der Waals surface area contributed by atoms with Crippen molar-refractivity contribution in [2.45, 2.75) is 19.0 Å². The van der Waals surface area contributed by atoms with Gasteiger partial charge in [-0.05, 0) is 18.9 Å². The molecule has 0 spiro atoms. The van der Waals surface area contributed by atoms with Gasteiger partial charge >= 0.3 is 12.2 Å². The van der Waals surface area contributed by atoms with Gasteiger partial charge in [0.25, 0.3) is 0 Å². The number of nitrogens with zero attached hydrogens (tertiary/aromatic N) is 4. The molecule has 3 rings (SSSR count).